The number of nitrogens with zero attached hydrogens (tertiary/aromatic N) is 1. The SMILES string of the molecule is COc1ccc(Cn2c3ccccc3c3c4ccccc4sc32)cc1. The van der Waals surface area contributed by atoms with Crippen molar-refractivity contribution < 1.29 is 4.74 Å². The van der Waals surface area contributed by atoms with Gasteiger partial charge in [-0.15, -0.1) is 11.3 Å². The molecule has 0 amide bonds. The molecular weight excluding hydrogens is 326 g/mol. The summed E-state index contributed by atoms with van der Waals surface area (Å²) in [6.45, 7) is 0.862. The molecular formula is C22H17NOS. The van der Waals surface area contributed by atoms with E-state index in [-0.39, 0.29) is 0 Å². The van der Waals surface area contributed by atoms with Gasteiger partial charge in [0.15, 0.2) is 0 Å². The Labute approximate surface area is 149 Å². The molecule has 2 heterocycles. The van der Waals surface area contributed by atoms with E-state index in [1.54, 1.807) is 7.11 Å². The fraction of sp³-hybridized carbons (Fsp3) is 0.0909. The molecule has 5 aromatic rings. The van der Waals surface area contributed by atoms with Crippen LogP contribution in [0.3, 0.4) is 0 Å². The van der Waals surface area contributed by atoms with Crippen LogP contribution in [0, 0.1) is 0 Å². The van der Waals surface area contributed by atoms with Crippen molar-refractivity contribution in [3.63, 3.8) is 0 Å². The van der Waals surface area contributed by atoms with Crippen molar-refractivity contribution in [2.45, 2.75) is 6.54 Å². The van der Waals surface area contributed by atoms with Crippen molar-refractivity contribution in [2.75, 3.05) is 7.11 Å². The van der Waals surface area contributed by atoms with Crippen LogP contribution in [-0.2, 0) is 6.54 Å². The second-order valence-corrected chi connectivity index (χ2v) is 7.26. The minimum absolute atomic E-state index is 0.862. The molecule has 2 nitrogen and oxygen atoms in total. The number of methoxy groups -OCH3 is 1. The van der Waals surface area contributed by atoms with Crippen LogP contribution < -0.4 is 4.74 Å². The molecule has 0 aliphatic heterocycles. The number of thiophene rings is 1. The maximum absolute atomic E-state index is 5.28. The van der Waals surface area contributed by atoms with Gasteiger partial charge in [0.2, 0.25) is 0 Å². The summed E-state index contributed by atoms with van der Waals surface area (Å²) in [7, 11) is 1.70. The molecule has 3 aromatic carbocycles. The number of benzene rings is 3. The number of fused-ring (bicyclic) bond motifs is 5. The molecule has 0 bridgehead atoms. The third-order valence-electron chi connectivity index (χ3n) is 4.79. The number of hydrogen-bond acceptors (Lipinski definition) is 2. The van der Waals surface area contributed by atoms with E-state index in [4.69, 9.17) is 4.74 Å². The van der Waals surface area contributed by atoms with Crippen molar-refractivity contribution in [2.24, 2.45) is 0 Å². The maximum Gasteiger partial charge on any atom is 0.118 e. The predicted molar refractivity (Wildman–Crippen MR) is 107 cm³/mol. The lowest BCUT2D eigenvalue weighted by Gasteiger charge is -2.07. The third-order valence-corrected chi connectivity index (χ3v) is 5.98. The fourth-order valence-corrected chi connectivity index (χ4v) is 4.81. The lowest BCUT2D eigenvalue weighted by atomic mass is 10.1. The number of hydrogen-bond donors (Lipinski definition) is 0. The van der Waals surface area contributed by atoms with Crippen molar-refractivity contribution in [1.29, 1.82) is 0 Å². The summed E-state index contributed by atoms with van der Waals surface area (Å²) in [5.41, 5.74) is 2.58. The minimum atomic E-state index is 0.862. The lowest BCUT2D eigenvalue weighted by molar-refractivity contribution is 0.414. The Kier molecular flexibility index (Phi) is 3.28. The van der Waals surface area contributed by atoms with E-state index >= 15 is 0 Å². The topological polar surface area (TPSA) is 14.2 Å². The van der Waals surface area contributed by atoms with E-state index < -0.39 is 0 Å². The number of ether oxygens (including phenoxy) is 1. The maximum atomic E-state index is 5.28. The van der Waals surface area contributed by atoms with E-state index in [0.717, 1.165) is 12.3 Å². The van der Waals surface area contributed by atoms with Gasteiger partial charge in [-0.1, -0.05) is 48.5 Å². The zero-order valence-corrected chi connectivity index (χ0v) is 14.7. The standard InChI is InChI=1S/C22H17NOS/c1-24-16-12-10-15(11-13-16)14-23-19-8-4-2-6-17(19)21-18-7-3-5-9-20(18)25-22(21)23/h2-13H,14H2,1H3. The Bertz CT molecular complexity index is 1200. The first-order chi connectivity index (χ1) is 12.3. The highest BCUT2D eigenvalue weighted by Crippen LogP contribution is 2.40. The average molecular weight is 343 g/mol. The number of aromatic nitrogens is 1. The zero-order valence-electron chi connectivity index (χ0n) is 13.9. The van der Waals surface area contributed by atoms with Gasteiger partial charge < -0.3 is 9.30 Å². The first kappa shape index (κ1) is 14.6. The highest BCUT2D eigenvalue weighted by atomic mass is 32.1. The van der Waals surface area contributed by atoms with Gasteiger partial charge >= 0.3 is 0 Å². The van der Waals surface area contributed by atoms with Crippen LogP contribution in [-0.4, -0.2) is 11.7 Å². The smallest absolute Gasteiger partial charge is 0.118 e. The van der Waals surface area contributed by atoms with Gasteiger partial charge in [-0.05, 0) is 29.8 Å². The average Bonchev–Trinajstić information content (AvgIpc) is 3.18. The normalized spacial score (nSPS) is 11.6. The Morgan fingerprint density at radius 1 is 0.840 bits per heavy atom. The van der Waals surface area contributed by atoms with Gasteiger partial charge in [-0.25, -0.2) is 0 Å². The van der Waals surface area contributed by atoms with Crippen molar-refractivity contribution >= 4 is 42.5 Å². The Morgan fingerprint density at radius 2 is 1.56 bits per heavy atom. The van der Waals surface area contributed by atoms with Gasteiger partial charge in [0.05, 0.1) is 12.6 Å². The molecule has 0 saturated carbocycles. The molecule has 25 heavy (non-hydrogen) atoms. The summed E-state index contributed by atoms with van der Waals surface area (Å²) in [6.07, 6.45) is 0. The molecule has 0 spiro atoms. The second kappa shape index (κ2) is 5.64. The van der Waals surface area contributed by atoms with Crippen LogP contribution in [0.4, 0.5) is 0 Å². The van der Waals surface area contributed by atoms with Crippen LogP contribution in [0.5, 0.6) is 5.75 Å². The van der Waals surface area contributed by atoms with Crippen molar-refractivity contribution in [3.8, 4) is 5.75 Å². The van der Waals surface area contributed by atoms with Gasteiger partial charge in [0.1, 0.15) is 10.6 Å². The van der Waals surface area contributed by atoms with E-state index in [2.05, 4.69) is 65.2 Å². The molecule has 0 radical (unpaired) electrons. The molecule has 0 aliphatic rings. The second-order valence-electron chi connectivity index (χ2n) is 6.23. The molecule has 5 rings (SSSR count). The monoisotopic (exact) mass is 343 g/mol. The van der Waals surface area contributed by atoms with Gasteiger partial charge in [0, 0.05) is 27.4 Å². The van der Waals surface area contributed by atoms with Crippen LogP contribution >= 0.6 is 11.3 Å². The molecule has 0 aliphatic carbocycles. The summed E-state index contributed by atoms with van der Waals surface area (Å²) >= 11 is 1.88. The first-order valence-corrected chi connectivity index (χ1v) is 9.18. The van der Waals surface area contributed by atoms with E-state index in [0.29, 0.717) is 0 Å². The number of rotatable bonds is 3. The van der Waals surface area contributed by atoms with Crippen LogP contribution in [0.15, 0.2) is 72.8 Å². The number of para-hydroxylation sites is 1. The zero-order chi connectivity index (χ0) is 16.8. The molecule has 2 aromatic heterocycles. The van der Waals surface area contributed by atoms with Crippen molar-refractivity contribution in [3.05, 3.63) is 78.4 Å². The summed E-state index contributed by atoms with van der Waals surface area (Å²) in [4.78, 5) is 1.35. The van der Waals surface area contributed by atoms with Crippen LogP contribution in [0.25, 0.3) is 31.2 Å². The Balaban J connectivity index is 1.77. The summed E-state index contributed by atoms with van der Waals surface area (Å²) < 4.78 is 9.07. The first-order valence-electron chi connectivity index (χ1n) is 8.36. The lowest BCUT2D eigenvalue weighted by Crippen LogP contribution is -1.98. The Morgan fingerprint density at radius 3 is 2.36 bits per heavy atom. The van der Waals surface area contributed by atoms with Crippen molar-refractivity contribution in [1.82, 2.24) is 4.57 Å². The summed E-state index contributed by atoms with van der Waals surface area (Å²) in [5, 5.41) is 4.07. The van der Waals surface area contributed by atoms with E-state index in [1.807, 2.05) is 23.5 Å². The van der Waals surface area contributed by atoms with Crippen LogP contribution in [0.2, 0.25) is 0 Å². The molecule has 0 atom stereocenters. The van der Waals surface area contributed by atoms with Gasteiger partial charge in [-0.3, -0.25) is 0 Å². The summed E-state index contributed by atoms with van der Waals surface area (Å²) in [6, 6.07) is 25.8. The molecule has 3 heteroatoms. The van der Waals surface area contributed by atoms with E-state index in [9.17, 15) is 0 Å². The molecule has 0 unspecified atom stereocenters. The fourth-order valence-electron chi connectivity index (χ4n) is 3.58. The molecule has 0 saturated heterocycles. The predicted octanol–water partition coefficient (Wildman–Crippen LogP) is 6.07. The largest absolute Gasteiger partial charge is 0.497 e. The summed E-state index contributed by atoms with van der Waals surface area (Å²) in [5.74, 6) is 0.896. The molecule has 0 fully saturated rings. The van der Waals surface area contributed by atoms with Crippen LogP contribution in [0.1, 0.15) is 5.56 Å². The highest BCUT2D eigenvalue weighted by Gasteiger charge is 2.15. The minimum Gasteiger partial charge on any atom is -0.497 e. The molecule has 0 N–H and O–H groups in total. The quantitative estimate of drug-likeness (QED) is 0.388. The highest BCUT2D eigenvalue weighted by molar-refractivity contribution is 7.25. The van der Waals surface area contributed by atoms with Gasteiger partial charge in [0.25, 0.3) is 0 Å². The third kappa shape index (κ3) is 2.24. The van der Waals surface area contributed by atoms with E-state index in [1.165, 1.54) is 36.8 Å². The molecule has 122 valence electrons. The van der Waals surface area contributed by atoms with Gasteiger partial charge in [-0.2, -0.15) is 0 Å². The Hall–Kier alpha value is -2.78.